The van der Waals surface area contributed by atoms with E-state index in [4.69, 9.17) is 38.4 Å². The first-order valence-electron chi connectivity index (χ1n) is 9.04. The summed E-state index contributed by atoms with van der Waals surface area (Å²) >= 11 is 12.6. The standard InChI is InChI=1S/C17H20Cl2N6O6S2/c1-24-6-5-21-17(24)33(28,29)8-11(20)25(32(4,26)27)14-12(19)9(18)7-10-13(14)23-16(31-3)15(22-10)30-2/h5-7,11H,8,20H2,1-4H3. The molecule has 2 N–H and O–H groups in total. The van der Waals surface area contributed by atoms with Crippen LogP contribution in [0.3, 0.4) is 0 Å². The zero-order chi connectivity index (χ0) is 24.7. The van der Waals surface area contributed by atoms with E-state index >= 15 is 0 Å². The molecule has 180 valence electrons. The molecule has 3 rings (SSSR count). The summed E-state index contributed by atoms with van der Waals surface area (Å²) in [5.41, 5.74) is 5.96. The van der Waals surface area contributed by atoms with Crippen molar-refractivity contribution in [3.63, 3.8) is 0 Å². The highest BCUT2D eigenvalue weighted by molar-refractivity contribution is 7.92. The van der Waals surface area contributed by atoms with Crippen molar-refractivity contribution in [1.82, 2.24) is 19.5 Å². The van der Waals surface area contributed by atoms with E-state index in [1.54, 1.807) is 0 Å². The topological polar surface area (TPSA) is 160 Å². The Balaban J connectivity index is 2.26. The van der Waals surface area contributed by atoms with Crippen molar-refractivity contribution in [3.05, 3.63) is 28.5 Å². The highest BCUT2D eigenvalue weighted by Crippen LogP contribution is 2.42. The fourth-order valence-corrected chi connectivity index (χ4v) is 6.27. The molecule has 0 fully saturated rings. The second-order valence-electron chi connectivity index (χ2n) is 6.86. The van der Waals surface area contributed by atoms with Gasteiger partial charge < -0.3 is 19.8 Å². The third kappa shape index (κ3) is 4.80. The van der Waals surface area contributed by atoms with E-state index in [1.165, 1.54) is 44.3 Å². The number of sulfone groups is 1. The smallest absolute Gasteiger partial charge is 0.278 e. The number of sulfonamides is 1. The van der Waals surface area contributed by atoms with E-state index < -0.39 is 31.8 Å². The minimum atomic E-state index is -4.20. The summed E-state index contributed by atoms with van der Waals surface area (Å²) in [6.07, 6.45) is 1.96. The summed E-state index contributed by atoms with van der Waals surface area (Å²) < 4.78 is 63.6. The molecule has 0 spiro atoms. The van der Waals surface area contributed by atoms with Crippen LogP contribution in [0.2, 0.25) is 10.0 Å². The summed E-state index contributed by atoms with van der Waals surface area (Å²) in [7, 11) is -4.15. The zero-order valence-corrected chi connectivity index (χ0v) is 21.0. The van der Waals surface area contributed by atoms with Gasteiger partial charge in [0.1, 0.15) is 17.4 Å². The third-order valence-corrected chi connectivity index (χ3v) is 8.15. The minimum absolute atomic E-state index is 0.0157. The number of hydrogen-bond acceptors (Lipinski definition) is 10. The number of nitrogens with two attached hydrogens (primary N) is 1. The molecule has 0 aliphatic rings. The number of rotatable bonds is 8. The molecule has 1 atom stereocenters. The fourth-order valence-electron chi connectivity index (χ4n) is 3.16. The van der Waals surface area contributed by atoms with Crippen molar-refractivity contribution in [1.29, 1.82) is 0 Å². The number of imidazole rings is 1. The Morgan fingerprint density at radius 1 is 1.15 bits per heavy atom. The lowest BCUT2D eigenvalue weighted by atomic mass is 10.2. The van der Waals surface area contributed by atoms with Gasteiger partial charge in [0.05, 0.1) is 41.8 Å². The van der Waals surface area contributed by atoms with Crippen molar-refractivity contribution in [3.8, 4) is 11.8 Å². The maximum atomic E-state index is 12.9. The Morgan fingerprint density at radius 3 is 2.27 bits per heavy atom. The molecule has 1 unspecified atom stereocenters. The summed E-state index contributed by atoms with van der Waals surface area (Å²) in [6.45, 7) is 0. The molecule has 12 nitrogen and oxygen atoms in total. The molecular formula is C17H20Cl2N6O6S2. The predicted molar refractivity (Wildman–Crippen MR) is 123 cm³/mol. The number of aryl methyl sites for hydroxylation is 1. The van der Waals surface area contributed by atoms with Crippen molar-refractivity contribution < 1.29 is 26.3 Å². The van der Waals surface area contributed by atoms with Crippen molar-refractivity contribution in [2.45, 2.75) is 11.3 Å². The van der Waals surface area contributed by atoms with E-state index in [1.807, 2.05) is 0 Å². The maximum Gasteiger partial charge on any atom is 0.278 e. The molecule has 0 amide bonds. The first kappa shape index (κ1) is 25.2. The Kier molecular flexibility index (Phi) is 6.96. The minimum Gasteiger partial charge on any atom is -0.477 e. The molecule has 2 heterocycles. The van der Waals surface area contributed by atoms with Gasteiger partial charge in [0.2, 0.25) is 25.0 Å². The normalized spacial score (nSPS) is 13.2. The Morgan fingerprint density at radius 2 is 1.76 bits per heavy atom. The molecular weight excluding hydrogens is 519 g/mol. The summed E-state index contributed by atoms with van der Waals surface area (Å²) in [5.74, 6) is -0.857. The first-order valence-corrected chi connectivity index (χ1v) is 13.3. The van der Waals surface area contributed by atoms with Gasteiger partial charge in [-0.25, -0.2) is 36.1 Å². The lowest BCUT2D eigenvalue weighted by Gasteiger charge is -2.30. The number of hydrogen-bond donors (Lipinski definition) is 1. The molecule has 0 radical (unpaired) electrons. The monoisotopic (exact) mass is 538 g/mol. The van der Waals surface area contributed by atoms with E-state index in [0.717, 1.165) is 6.26 Å². The van der Waals surface area contributed by atoms with Crippen molar-refractivity contribution in [2.75, 3.05) is 30.5 Å². The summed E-state index contributed by atoms with van der Waals surface area (Å²) in [5, 5.41) is -0.561. The van der Waals surface area contributed by atoms with Gasteiger partial charge in [-0.2, -0.15) is 0 Å². The van der Waals surface area contributed by atoms with Crippen LogP contribution in [0, 0.1) is 0 Å². The maximum absolute atomic E-state index is 12.9. The van der Waals surface area contributed by atoms with Crippen LogP contribution in [-0.4, -0.2) is 68.7 Å². The zero-order valence-electron chi connectivity index (χ0n) is 17.9. The second kappa shape index (κ2) is 9.10. The Hall–Kier alpha value is -2.39. The first-order chi connectivity index (χ1) is 15.3. The van der Waals surface area contributed by atoms with Gasteiger partial charge in [-0.1, -0.05) is 23.2 Å². The van der Waals surface area contributed by atoms with Crippen LogP contribution < -0.4 is 19.5 Å². The van der Waals surface area contributed by atoms with Crippen LogP contribution in [0.25, 0.3) is 11.0 Å². The molecule has 16 heteroatoms. The number of anilines is 1. The molecule has 2 aromatic heterocycles. The van der Waals surface area contributed by atoms with E-state index in [9.17, 15) is 16.8 Å². The molecule has 0 saturated carbocycles. The van der Waals surface area contributed by atoms with Crippen LogP contribution in [0.5, 0.6) is 11.8 Å². The average molecular weight is 539 g/mol. The van der Waals surface area contributed by atoms with Crippen molar-refractivity contribution >= 4 is 59.8 Å². The average Bonchev–Trinajstić information content (AvgIpc) is 3.16. The fraction of sp³-hybridized carbons (Fsp3) is 0.353. The number of nitrogens with zero attached hydrogens (tertiary/aromatic N) is 5. The van der Waals surface area contributed by atoms with Gasteiger partial charge in [-0.3, -0.25) is 0 Å². The van der Waals surface area contributed by atoms with Crippen LogP contribution >= 0.6 is 23.2 Å². The second-order valence-corrected chi connectivity index (χ2v) is 11.4. The highest BCUT2D eigenvalue weighted by Gasteiger charge is 2.35. The molecule has 0 saturated heterocycles. The van der Waals surface area contributed by atoms with Gasteiger partial charge >= 0.3 is 0 Å². The van der Waals surface area contributed by atoms with Gasteiger partial charge in [0.15, 0.2) is 0 Å². The van der Waals surface area contributed by atoms with Gasteiger partial charge in [0.25, 0.3) is 11.8 Å². The quantitative estimate of drug-likeness (QED) is 0.412. The third-order valence-electron chi connectivity index (χ3n) is 4.48. The van der Waals surface area contributed by atoms with Crippen LogP contribution in [0.1, 0.15) is 0 Å². The number of aromatic nitrogens is 4. The lowest BCUT2D eigenvalue weighted by Crippen LogP contribution is -2.50. The molecule has 0 aliphatic carbocycles. The van der Waals surface area contributed by atoms with E-state index in [0.29, 0.717) is 4.31 Å². The number of ether oxygens (including phenoxy) is 2. The van der Waals surface area contributed by atoms with Gasteiger partial charge in [-0.15, -0.1) is 0 Å². The van der Waals surface area contributed by atoms with Gasteiger partial charge in [-0.05, 0) is 6.07 Å². The van der Waals surface area contributed by atoms with Crippen LogP contribution in [0.4, 0.5) is 5.69 Å². The van der Waals surface area contributed by atoms with Gasteiger partial charge in [0, 0.05) is 19.4 Å². The molecule has 0 aliphatic heterocycles. The molecule has 33 heavy (non-hydrogen) atoms. The largest absolute Gasteiger partial charge is 0.477 e. The molecule has 1 aromatic carbocycles. The highest BCUT2D eigenvalue weighted by atomic mass is 35.5. The summed E-state index contributed by atoms with van der Waals surface area (Å²) in [4.78, 5) is 12.3. The van der Waals surface area contributed by atoms with E-state index in [-0.39, 0.29) is 43.7 Å². The SMILES string of the molecule is COc1nc2cc(Cl)c(Cl)c(N(C(N)CS(=O)(=O)c3nccn3C)S(C)(=O)=O)c2nc1OC. The number of methoxy groups -OCH3 is 2. The molecule has 3 aromatic rings. The number of halogens is 2. The van der Waals surface area contributed by atoms with Crippen molar-refractivity contribution in [2.24, 2.45) is 12.8 Å². The number of fused-ring (bicyclic) bond motifs is 1. The Labute approximate surface area is 200 Å². The Bertz CT molecular complexity index is 1430. The number of benzene rings is 1. The summed E-state index contributed by atoms with van der Waals surface area (Å²) in [6, 6.07) is 1.36. The van der Waals surface area contributed by atoms with Crippen LogP contribution in [-0.2, 0) is 26.9 Å². The lowest BCUT2D eigenvalue weighted by molar-refractivity contribution is 0.334. The van der Waals surface area contributed by atoms with E-state index in [2.05, 4.69) is 15.0 Å². The predicted octanol–water partition coefficient (Wildman–Crippen LogP) is 1.21. The van der Waals surface area contributed by atoms with Crippen LogP contribution in [0.15, 0.2) is 23.6 Å². The molecule has 0 bridgehead atoms.